The van der Waals surface area contributed by atoms with E-state index in [0.717, 1.165) is 11.5 Å². The Morgan fingerprint density at radius 1 is 0.697 bits per heavy atom. The Hall–Kier alpha value is -3.22. The van der Waals surface area contributed by atoms with Gasteiger partial charge in [-0.3, -0.25) is 0 Å². The molecule has 1 aliphatic heterocycles. The fourth-order valence-electron chi connectivity index (χ4n) is 5.24. The molecule has 0 fully saturated rings. The topological polar surface area (TPSA) is 21.6 Å². The Balaban J connectivity index is 1.48. The molecule has 2 atom stereocenters. The molecule has 0 N–H and O–H groups in total. The van der Waals surface area contributed by atoms with E-state index in [1.54, 1.807) is 0 Å². The average molecular weight is 448 g/mol. The first kappa shape index (κ1) is 20.4. The number of nitrogens with zero attached hydrogens (tertiary/aromatic N) is 1. The third-order valence-electron chi connectivity index (χ3n) is 6.87. The second-order valence-corrected chi connectivity index (χ2v) is 11.4. The van der Waals surface area contributed by atoms with Crippen LogP contribution in [0.2, 0.25) is 0 Å². The molecule has 0 aromatic heterocycles. The number of aliphatic imine (C=N–C) groups is 1. The summed E-state index contributed by atoms with van der Waals surface area (Å²) in [7, 11) is -0.735. The molecule has 2 nitrogen and oxygen atoms in total. The van der Waals surface area contributed by atoms with E-state index < -0.39 is 7.92 Å². The van der Waals surface area contributed by atoms with E-state index in [9.17, 15) is 0 Å². The van der Waals surface area contributed by atoms with Crippen LogP contribution in [0.5, 0.6) is 0 Å². The maximum Gasteiger partial charge on any atom is 0.217 e. The van der Waals surface area contributed by atoms with Crippen LogP contribution in [0.3, 0.4) is 0 Å². The van der Waals surface area contributed by atoms with Crippen molar-refractivity contribution >= 4 is 29.7 Å². The fraction of sp³-hybridized carbons (Fsp3) is 0.167. The van der Waals surface area contributed by atoms with Crippen LogP contribution in [0.25, 0.3) is 0 Å². The highest BCUT2D eigenvalue weighted by molar-refractivity contribution is 7.80. The van der Waals surface area contributed by atoms with Gasteiger partial charge in [0.2, 0.25) is 5.90 Å². The highest BCUT2D eigenvalue weighted by atomic mass is 31.1. The van der Waals surface area contributed by atoms with E-state index in [2.05, 4.69) is 123 Å². The third kappa shape index (κ3) is 3.33. The van der Waals surface area contributed by atoms with Gasteiger partial charge in [-0.15, -0.1) is 0 Å². The number of ether oxygens (including phenoxy) is 1. The third-order valence-corrected chi connectivity index (χ3v) is 9.37. The van der Waals surface area contributed by atoms with Gasteiger partial charge in [-0.05, 0) is 41.0 Å². The monoisotopic (exact) mass is 447 g/mol. The van der Waals surface area contributed by atoms with Crippen LogP contribution in [-0.2, 0) is 10.2 Å². The Bertz CT molecular complexity index is 1290. The van der Waals surface area contributed by atoms with Crippen LogP contribution in [0.15, 0.2) is 114 Å². The molecule has 0 unspecified atom stereocenters. The van der Waals surface area contributed by atoms with Gasteiger partial charge in [-0.25, -0.2) is 4.99 Å². The van der Waals surface area contributed by atoms with Crippen LogP contribution in [-0.4, -0.2) is 12.0 Å². The molecular formula is C30H26NOP. The standard InChI is InChI=1S/C30H26NOP/c1-30(2)25-19-11-9-17-23(25)27-28(30)32-29(31-27)24-18-10-12-20-26(24)33(21-13-5-3-6-14-21)22-15-7-4-8-16-22/h3-20,27-28H,1-2H3/t27-,28-/m1/s1. The first-order valence-electron chi connectivity index (χ1n) is 11.5. The molecule has 0 amide bonds. The molecule has 0 saturated carbocycles. The van der Waals surface area contributed by atoms with Crippen molar-refractivity contribution in [2.75, 3.05) is 0 Å². The van der Waals surface area contributed by atoms with E-state index in [4.69, 9.17) is 9.73 Å². The van der Waals surface area contributed by atoms with Crippen molar-refractivity contribution in [2.24, 2.45) is 4.99 Å². The molecule has 3 heteroatoms. The Labute approximate surface area is 196 Å². The lowest BCUT2D eigenvalue weighted by atomic mass is 9.84. The largest absolute Gasteiger partial charge is 0.471 e. The zero-order chi connectivity index (χ0) is 22.4. The van der Waals surface area contributed by atoms with Crippen molar-refractivity contribution in [2.45, 2.75) is 31.4 Å². The number of benzene rings is 4. The lowest BCUT2D eigenvalue weighted by molar-refractivity contribution is 0.132. The minimum atomic E-state index is -0.735. The van der Waals surface area contributed by atoms with Crippen molar-refractivity contribution < 1.29 is 4.74 Å². The SMILES string of the molecule is CC1(C)c2ccccc2[C@H]2N=C(c3ccccc3P(c3ccccc3)c3ccccc3)O[C@H]21. The average Bonchev–Trinajstić information content (AvgIpc) is 3.40. The van der Waals surface area contributed by atoms with E-state index in [-0.39, 0.29) is 17.6 Å². The summed E-state index contributed by atoms with van der Waals surface area (Å²) >= 11 is 0. The number of hydrogen-bond acceptors (Lipinski definition) is 2. The molecule has 33 heavy (non-hydrogen) atoms. The van der Waals surface area contributed by atoms with Crippen molar-refractivity contribution in [3.8, 4) is 0 Å². The quantitative estimate of drug-likeness (QED) is 0.372. The zero-order valence-electron chi connectivity index (χ0n) is 18.8. The molecule has 1 aliphatic carbocycles. The molecule has 0 radical (unpaired) electrons. The van der Waals surface area contributed by atoms with Gasteiger partial charge in [0.25, 0.3) is 0 Å². The van der Waals surface area contributed by atoms with Gasteiger partial charge in [0, 0.05) is 11.0 Å². The zero-order valence-corrected chi connectivity index (χ0v) is 19.7. The normalized spacial score (nSPS) is 20.2. The Morgan fingerprint density at radius 2 is 1.27 bits per heavy atom. The van der Waals surface area contributed by atoms with Crippen molar-refractivity contribution in [3.05, 3.63) is 126 Å². The molecule has 0 spiro atoms. The highest BCUT2D eigenvalue weighted by Crippen LogP contribution is 2.51. The van der Waals surface area contributed by atoms with Crippen LogP contribution >= 0.6 is 7.92 Å². The molecule has 6 rings (SSSR count). The molecule has 0 saturated heterocycles. The van der Waals surface area contributed by atoms with Gasteiger partial charge in [-0.1, -0.05) is 117 Å². The van der Waals surface area contributed by atoms with Gasteiger partial charge < -0.3 is 4.74 Å². The molecule has 2 aliphatic rings. The molecule has 0 bridgehead atoms. The highest BCUT2D eigenvalue weighted by Gasteiger charge is 2.51. The van der Waals surface area contributed by atoms with Crippen LogP contribution in [0.1, 0.15) is 36.6 Å². The molecule has 4 aromatic carbocycles. The van der Waals surface area contributed by atoms with Crippen molar-refractivity contribution in [1.29, 1.82) is 0 Å². The first-order valence-corrected chi connectivity index (χ1v) is 12.8. The van der Waals surface area contributed by atoms with Crippen LogP contribution in [0, 0.1) is 0 Å². The summed E-state index contributed by atoms with van der Waals surface area (Å²) in [6.07, 6.45) is 0.0256. The fourth-order valence-corrected chi connectivity index (χ4v) is 7.68. The van der Waals surface area contributed by atoms with Gasteiger partial charge in [0.15, 0.2) is 0 Å². The number of hydrogen-bond donors (Lipinski definition) is 0. The van der Waals surface area contributed by atoms with Gasteiger partial charge >= 0.3 is 0 Å². The maximum absolute atomic E-state index is 6.69. The van der Waals surface area contributed by atoms with E-state index in [0.29, 0.717) is 0 Å². The first-order chi connectivity index (χ1) is 16.1. The number of fused-ring (bicyclic) bond motifs is 3. The summed E-state index contributed by atoms with van der Waals surface area (Å²) in [6, 6.07) is 39.0. The smallest absolute Gasteiger partial charge is 0.217 e. The van der Waals surface area contributed by atoms with Crippen molar-refractivity contribution in [3.63, 3.8) is 0 Å². The van der Waals surface area contributed by atoms with Gasteiger partial charge in [-0.2, -0.15) is 0 Å². The summed E-state index contributed by atoms with van der Waals surface area (Å²) in [6.45, 7) is 4.56. The maximum atomic E-state index is 6.69. The van der Waals surface area contributed by atoms with E-state index in [1.807, 2.05) is 0 Å². The van der Waals surface area contributed by atoms with Gasteiger partial charge in [0.1, 0.15) is 12.1 Å². The predicted octanol–water partition coefficient (Wildman–Crippen LogP) is 5.62. The number of rotatable bonds is 4. The summed E-state index contributed by atoms with van der Waals surface area (Å²) in [5.74, 6) is 0.780. The van der Waals surface area contributed by atoms with E-state index >= 15 is 0 Å². The summed E-state index contributed by atoms with van der Waals surface area (Å²) in [5.41, 5.74) is 3.68. The molecule has 162 valence electrons. The minimum absolute atomic E-state index is 0.0256. The molecule has 4 aromatic rings. The Kier molecular flexibility index (Phi) is 4.93. The molecule has 1 heterocycles. The van der Waals surface area contributed by atoms with Crippen LogP contribution in [0.4, 0.5) is 0 Å². The summed E-state index contributed by atoms with van der Waals surface area (Å²) in [5, 5.41) is 3.95. The lowest BCUT2D eigenvalue weighted by Gasteiger charge is -2.27. The Morgan fingerprint density at radius 3 is 1.97 bits per heavy atom. The summed E-state index contributed by atoms with van der Waals surface area (Å²) in [4.78, 5) is 5.19. The molecular weight excluding hydrogens is 421 g/mol. The minimum Gasteiger partial charge on any atom is -0.471 e. The van der Waals surface area contributed by atoms with Crippen LogP contribution < -0.4 is 15.9 Å². The second-order valence-electron chi connectivity index (χ2n) is 9.25. The lowest BCUT2D eigenvalue weighted by Crippen LogP contribution is -2.33. The van der Waals surface area contributed by atoms with E-state index in [1.165, 1.54) is 27.0 Å². The second kappa shape index (κ2) is 7.97. The summed E-state index contributed by atoms with van der Waals surface area (Å²) < 4.78 is 6.69. The predicted molar refractivity (Wildman–Crippen MR) is 139 cm³/mol. The van der Waals surface area contributed by atoms with Crippen molar-refractivity contribution in [1.82, 2.24) is 0 Å². The van der Waals surface area contributed by atoms with Gasteiger partial charge in [0.05, 0.1) is 0 Å².